The number of rotatable bonds is 3. The molecule has 2 aliphatic heterocycles. The minimum Gasteiger partial charge on any atom is -0.492 e. The van der Waals surface area contributed by atoms with Crippen molar-refractivity contribution in [3.63, 3.8) is 0 Å². The van der Waals surface area contributed by atoms with Gasteiger partial charge in [0, 0.05) is 37.3 Å². The fourth-order valence-corrected chi connectivity index (χ4v) is 6.39. The standard InChI is InChI=1S/C22H23N5O3S/c1-12-6-7-17(30-12)19(20-21(29)27-22(31-20)23-13(2)24-27)25-9-14-8-15(11-25)16-4-3-5-18(28)26(16)10-14/h3-7,14-15,19,29H,8-11H2,1-2H3/t14-,15+,19-/m1/s1. The van der Waals surface area contributed by atoms with Gasteiger partial charge in [0.05, 0.1) is 4.88 Å². The van der Waals surface area contributed by atoms with E-state index in [0.29, 0.717) is 16.7 Å². The van der Waals surface area contributed by atoms with Gasteiger partial charge in [-0.25, -0.2) is 4.98 Å². The molecule has 4 aromatic rings. The summed E-state index contributed by atoms with van der Waals surface area (Å²) in [4.78, 5) is 20.7. The van der Waals surface area contributed by atoms with Crippen LogP contribution in [0.1, 0.15) is 46.3 Å². The number of hydrogen-bond donors (Lipinski definition) is 1. The molecule has 0 aromatic carbocycles. The van der Waals surface area contributed by atoms with Gasteiger partial charge in [-0.3, -0.25) is 9.69 Å². The number of furan rings is 1. The number of aromatic hydroxyl groups is 1. The topological polar surface area (TPSA) is 88.8 Å². The lowest BCUT2D eigenvalue weighted by molar-refractivity contribution is 0.0868. The van der Waals surface area contributed by atoms with Crippen molar-refractivity contribution in [2.24, 2.45) is 5.92 Å². The second-order valence-electron chi connectivity index (χ2n) is 8.65. The van der Waals surface area contributed by atoms with Crippen molar-refractivity contribution in [2.75, 3.05) is 13.1 Å². The molecule has 0 saturated carbocycles. The lowest BCUT2D eigenvalue weighted by atomic mass is 9.82. The summed E-state index contributed by atoms with van der Waals surface area (Å²) in [5, 5.41) is 15.4. The van der Waals surface area contributed by atoms with Crippen LogP contribution in [0.4, 0.5) is 0 Å². The fraction of sp³-hybridized carbons (Fsp3) is 0.409. The van der Waals surface area contributed by atoms with Crippen molar-refractivity contribution in [3.8, 4) is 5.88 Å². The minimum atomic E-state index is -0.227. The molecule has 31 heavy (non-hydrogen) atoms. The first-order chi connectivity index (χ1) is 15.0. The van der Waals surface area contributed by atoms with Crippen LogP contribution < -0.4 is 5.56 Å². The summed E-state index contributed by atoms with van der Waals surface area (Å²) in [5.41, 5.74) is 1.18. The van der Waals surface area contributed by atoms with E-state index in [2.05, 4.69) is 21.0 Å². The number of pyridine rings is 1. The Morgan fingerprint density at radius 1 is 1.19 bits per heavy atom. The van der Waals surface area contributed by atoms with Gasteiger partial charge in [0.15, 0.2) is 0 Å². The number of piperidine rings is 1. The Kier molecular flexibility index (Phi) is 4.13. The van der Waals surface area contributed by atoms with Crippen LogP contribution in [0, 0.1) is 19.8 Å². The first-order valence-electron chi connectivity index (χ1n) is 10.5. The van der Waals surface area contributed by atoms with Crippen LogP contribution in [0.3, 0.4) is 0 Å². The molecule has 4 aromatic heterocycles. The van der Waals surface area contributed by atoms with E-state index in [1.54, 1.807) is 6.07 Å². The Balaban J connectivity index is 1.44. The van der Waals surface area contributed by atoms with Crippen LogP contribution in [0.15, 0.2) is 39.5 Å². The first-order valence-corrected chi connectivity index (χ1v) is 11.3. The van der Waals surface area contributed by atoms with Crippen molar-refractivity contribution < 1.29 is 9.52 Å². The van der Waals surface area contributed by atoms with Crippen LogP contribution in [-0.4, -0.2) is 42.3 Å². The third-order valence-corrected chi connectivity index (χ3v) is 7.53. The van der Waals surface area contributed by atoms with Crippen LogP contribution in [0.5, 0.6) is 5.88 Å². The number of hydrogen-bond acceptors (Lipinski definition) is 7. The monoisotopic (exact) mass is 437 g/mol. The first kappa shape index (κ1) is 18.8. The summed E-state index contributed by atoms with van der Waals surface area (Å²) in [7, 11) is 0. The van der Waals surface area contributed by atoms with Gasteiger partial charge in [0.2, 0.25) is 10.8 Å². The van der Waals surface area contributed by atoms with Crippen molar-refractivity contribution in [3.05, 3.63) is 68.6 Å². The zero-order valence-electron chi connectivity index (χ0n) is 17.4. The predicted molar refractivity (Wildman–Crippen MR) is 116 cm³/mol. The lowest BCUT2D eigenvalue weighted by Gasteiger charge is -2.45. The molecule has 0 aliphatic carbocycles. The maximum atomic E-state index is 12.4. The van der Waals surface area contributed by atoms with E-state index in [1.807, 2.05) is 36.6 Å². The normalized spacial score (nSPS) is 22.0. The summed E-state index contributed by atoms with van der Waals surface area (Å²) in [6.07, 6.45) is 1.07. The molecule has 2 aliphatic rings. The molecule has 1 fully saturated rings. The number of thiazole rings is 1. The summed E-state index contributed by atoms with van der Waals surface area (Å²) < 4.78 is 9.51. The zero-order valence-corrected chi connectivity index (χ0v) is 18.2. The highest BCUT2D eigenvalue weighted by molar-refractivity contribution is 7.17. The van der Waals surface area contributed by atoms with Crippen molar-refractivity contribution in [1.29, 1.82) is 0 Å². The summed E-state index contributed by atoms with van der Waals surface area (Å²) >= 11 is 1.45. The third-order valence-electron chi connectivity index (χ3n) is 6.46. The highest BCUT2D eigenvalue weighted by Crippen LogP contribution is 2.45. The molecule has 3 atom stereocenters. The predicted octanol–water partition coefficient (Wildman–Crippen LogP) is 3.08. The Hall–Kier alpha value is -2.91. The van der Waals surface area contributed by atoms with E-state index in [1.165, 1.54) is 15.9 Å². The van der Waals surface area contributed by atoms with Crippen molar-refractivity contribution in [1.82, 2.24) is 24.1 Å². The second-order valence-corrected chi connectivity index (χ2v) is 9.66. The number of aromatic nitrogens is 4. The molecular weight excluding hydrogens is 414 g/mol. The molecular formula is C22H23N5O3S. The smallest absolute Gasteiger partial charge is 0.250 e. The quantitative estimate of drug-likeness (QED) is 0.530. The number of likely N-dealkylation sites (tertiary alicyclic amines) is 1. The number of fused-ring (bicyclic) bond motifs is 5. The van der Waals surface area contributed by atoms with E-state index in [-0.39, 0.29) is 23.4 Å². The molecule has 6 rings (SSSR count). The van der Waals surface area contributed by atoms with Gasteiger partial charge < -0.3 is 14.1 Å². The molecule has 8 nitrogen and oxygen atoms in total. The molecule has 0 radical (unpaired) electrons. The SMILES string of the molecule is Cc1nc2sc([C@@H](c3ccc(C)o3)N3C[C@H]4C[C@@H](C3)c3cccc(=O)n3C4)c(O)n2n1. The third kappa shape index (κ3) is 2.95. The van der Waals surface area contributed by atoms with E-state index in [0.717, 1.165) is 48.1 Å². The molecule has 2 bridgehead atoms. The van der Waals surface area contributed by atoms with E-state index >= 15 is 0 Å². The highest BCUT2D eigenvalue weighted by atomic mass is 32.1. The molecule has 160 valence electrons. The van der Waals surface area contributed by atoms with Gasteiger partial charge in [-0.2, -0.15) is 4.52 Å². The maximum Gasteiger partial charge on any atom is 0.250 e. The molecule has 1 saturated heterocycles. The van der Waals surface area contributed by atoms with Crippen molar-refractivity contribution in [2.45, 2.75) is 38.8 Å². The van der Waals surface area contributed by atoms with Crippen LogP contribution in [-0.2, 0) is 6.54 Å². The Labute approximate surface area is 182 Å². The summed E-state index contributed by atoms with van der Waals surface area (Å²) in [5.74, 6) is 3.03. The Bertz CT molecular complexity index is 1350. The van der Waals surface area contributed by atoms with Gasteiger partial charge in [-0.1, -0.05) is 17.4 Å². The summed E-state index contributed by atoms with van der Waals surface area (Å²) in [6, 6.07) is 9.29. The van der Waals surface area contributed by atoms with Crippen LogP contribution >= 0.6 is 11.3 Å². The van der Waals surface area contributed by atoms with E-state index < -0.39 is 0 Å². The maximum absolute atomic E-state index is 12.4. The average Bonchev–Trinajstić information content (AvgIpc) is 3.40. The summed E-state index contributed by atoms with van der Waals surface area (Å²) in [6.45, 7) is 6.09. The lowest BCUT2D eigenvalue weighted by Crippen LogP contribution is -2.48. The van der Waals surface area contributed by atoms with Crippen LogP contribution in [0.25, 0.3) is 4.96 Å². The number of nitrogens with zero attached hydrogens (tertiary/aromatic N) is 5. The van der Waals surface area contributed by atoms with Gasteiger partial charge in [0.25, 0.3) is 5.56 Å². The Morgan fingerprint density at radius 3 is 2.84 bits per heavy atom. The van der Waals surface area contributed by atoms with E-state index in [4.69, 9.17) is 4.42 Å². The van der Waals surface area contributed by atoms with E-state index in [9.17, 15) is 9.90 Å². The molecule has 6 heterocycles. The van der Waals surface area contributed by atoms with Gasteiger partial charge in [-0.05, 0) is 44.4 Å². The van der Waals surface area contributed by atoms with Crippen LogP contribution in [0.2, 0.25) is 0 Å². The molecule has 9 heteroatoms. The average molecular weight is 438 g/mol. The van der Waals surface area contributed by atoms with Gasteiger partial charge >= 0.3 is 0 Å². The molecule has 0 amide bonds. The number of aryl methyl sites for hydroxylation is 2. The van der Waals surface area contributed by atoms with Crippen molar-refractivity contribution >= 4 is 16.3 Å². The molecule has 0 spiro atoms. The van der Waals surface area contributed by atoms with Gasteiger partial charge in [-0.15, -0.1) is 5.10 Å². The largest absolute Gasteiger partial charge is 0.492 e. The Morgan fingerprint density at radius 2 is 2.06 bits per heavy atom. The molecule has 1 N–H and O–H groups in total. The minimum absolute atomic E-state index is 0.0810. The highest BCUT2D eigenvalue weighted by Gasteiger charge is 2.40. The van der Waals surface area contributed by atoms with Gasteiger partial charge in [0.1, 0.15) is 23.4 Å². The zero-order chi connectivity index (χ0) is 21.3. The molecule has 0 unspecified atom stereocenters. The fourth-order valence-electron chi connectivity index (χ4n) is 5.25. The second kappa shape index (κ2) is 6.80.